The molecule has 1 unspecified atom stereocenters. The van der Waals surface area contributed by atoms with Crippen molar-refractivity contribution in [2.45, 2.75) is 44.6 Å². The van der Waals surface area contributed by atoms with Crippen molar-refractivity contribution in [3.63, 3.8) is 0 Å². The van der Waals surface area contributed by atoms with Gasteiger partial charge in [-0.15, -0.1) is 0 Å². The second kappa shape index (κ2) is 7.88. The van der Waals surface area contributed by atoms with E-state index in [-0.39, 0.29) is 30.3 Å². The first-order valence-corrected chi connectivity index (χ1v) is 8.98. The molecule has 0 aromatic heterocycles. The zero-order valence-electron chi connectivity index (χ0n) is 13.6. The van der Waals surface area contributed by atoms with Crippen molar-refractivity contribution in [1.82, 2.24) is 10.6 Å². The first-order valence-electron chi connectivity index (χ1n) is 8.60. The number of carbonyl (C=O) groups is 2. The van der Waals surface area contributed by atoms with E-state index in [1.165, 1.54) is 19.3 Å². The predicted molar refractivity (Wildman–Crippen MR) is 92.2 cm³/mol. The molecule has 5 nitrogen and oxygen atoms in total. The monoisotopic (exact) mass is 350 g/mol. The third kappa shape index (κ3) is 4.41. The molecule has 1 saturated carbocycles. The first-order chi connectivity index (χ1) is 11.6. The SMILES string of the molecule is O=C(CNC(=O)C1COc2ccc(Cl)cc2C1)NC1CCCCC1. The summed E-state index contributed by atoms with van der Waals surface area (Å²) >= 11 is 5.99. The largest absolute Gasteiger partial charge is 0.492 e. The van der Waals surface area contributed by atoms with Crippen molar-refractivity contribution in [3.8, 4) is 5.75 Å². The second-order valence-electron chi connectivity index (χ2n) is 6.58. The van der Waals surface area contributed by atoms with E-state index in [9.17, 15) is 9.59 Å². The van der Waals surface area contributed by atoms with Crippen LogP contribution in [0.4, 0.5) is 0 Å². The van der Waals surface area contributed by atoms with Gasteiger partial charge in [0.05, 0.1) is 12.5 Å². The smallest absolute Gasteiger partial charge is 0.239 e. The van der Waals surface area contributed by atoms with Crippen LogP contribution in [-0.2, 0) is 16.0 Å². The number of halogens is 1. The molecule has 130 valence electrons. The van der Waals surface area contributed by atoms with E-state index in [0.717, 1.165) is 24.2 Å². The van der Waals surface area contributed by atoms with E-state index in [0.29, 0.717) is 18.1 Å². The van der Waals surface area contributed by atoms with Gasteiger partial charge in [-0.25, -0.2) is 0 Å². The number of hydrogen-bond donors (Lipinski definition) is 2. The quantitative estimate of drug-likeness (QED) is 0.876. The highest BCUT2D eigenvalue weighted by Crippen LogP contribution is 2.29. The Labute approximate surface area is 147 Å². The molecule has 1 aliphatic heterocycles. The van der Waals surface area contributed by atoms with Gasteiger partial charge in [0.1, 0.15) is 12.4 Å². The number of rotatable bonds is 4. The van der Waals surface area contributed by atoms with Crippen LogP contribution in [0.1, 0.15) is 37.7 Å². The summed E-state index contributed by atoms with van der Waals surface area (Å²) in [6, 6.07) is 5.68. The molecule has 2 amide bonds. The van der Waals surface area contributed by atoms with Gasteiger partial charge in [-0.3, -0.25) is 9.59 Å². The van der Waals surface area contributed by atoms with E-state index >= 15 is 0 Å². The minimum Gasteiger partial charge on any atom is -0.492 e. The van der Waals surface area contributed by atoms with Crippen molar-refractivity contribution in [1.29, 1.82) is 0 Å². The first kappa shape index (κ1) is 17.1. The molecule has 2 aliphatic rings. The predicted octanol–water partition coefficient (Wildman–Crippen LogP) is 2.46. The molecular formula is C18H23ClN2O3. The highest BCUT2D eigenvalue weighted by Gasteiger charge is 2.26. The number of carbonyl (C=O) groups excluding carboxylic acids is 2. The van der Waals surface area contributed by atoms with Crippen molar-refractivity contribution in [2.24, 2.45) is 5.92 Å². The molecule has 1 aliphatic carbocycles. The van der Waals surface area contributed by atoms with Gasteiger partial charge in [-0.1, -0.05) is 30.9 Å². The number of amides is 2. The highest BCUT2D eigenvalue weighted by molar-refractivity contribution is 6.30. The maximum absolute atomic E-state index is 12.3. The highest BCUT2D eigenvalue weighted by atomic mass is 35.5. The van der Waals surface area contributed by atoms with E-state index in [2.05, 4.69) is 10.6 Å². The molecule has 1 heterocycles. The summed E-state index contributed by atoms with van der Waals surface area (Å²) in [7, 11) is 0. The van der Waals surface area contributed by atoms with Crippen LogP contribution in [0.5, 0.6) is 5.75 Å². The summed E-state index contributed by atoms with van der Waals surface area (Å²) in [4.78, 5) is 24.3. The molecule has 6 heteroatoms. The Morgan fingerprint density at radius 3 is 2.79 bits per heavy atom. The van der Waals surface area contributed by atoms with Crippen LogP contribution in [0.25, 0.3) is 0 Å². The summed E-state index contributed by atoms with van der Waals surface area (Å²) in [6.07, 6.45) is 6.22. The average Bonchev–Trinajstić information content (AvgIpc) is 2.60. The normalized spacial score (nSPS) is 20.6. The molecule has 0 bridgehead atoms. The number of benzene rings is 1. The number of ether oxygens (including phenoxy) is 1. The molecule has 1 atom stereocenters. The summed E-state index contributed by atoms with van der Waals surface area (Å²) < 4.78 is 5.62. The lowest BCUT2D eigenvalue weighted by Crippen LogP contribution is -2.45. The fraction of sp³-hybridized carbons (Fsp3) is 0.556. The number of nitrogens with one attached hydrogen (secondary N) is 2. The Kier molecular flexibility index (Phi) is 5.61. The lowest BCUT2D eigenvalue weighted by Gasteiger charge is -2.25. The molecule has 0 saturated heterocycles. The van der Waals surface area contributed by atoms with Gasteiger partial charge in [0.2, 0.25) is 11.8 Å². The van der Waals surface area contributed by atoms with Crippen molar-refractivity contribution in [3.05, 3.63) is 28.8 Å². The molecule has 0 radical (unpaired) electrons. The number of fused-ring (bicyclic) bond motifs is 1. The van der Waals surface area contributed by atoms with Crippen LogP contribution in [0.3, 0.4) is 0 Å². The Morgan fingerprint density at radius 2 is 2.00 bits per heavy atom. The fourth-order valence-electron chi connectivity index (χ4n) is 3.37. The van der Waals surface area contributed by atoms with Crippen molar-refractivity contribution >= 4 is 23.4 Å². The van der Waals surface area contributed by atoms with Gasteiger partial charge in [0.25, 0.3) is 0 Å². The van der Waals surface area contributed by atoms with Crippen LogP contribution in [-0.4, -0.2) is 31.0 Å². The van der Waals surface area contributed by atoms with E-state index in [1.54, 1.807) is 6.07 Å². The molecule has 1 fully saturated rings. The molecule has 3 rings (SSSR count). The third-order valence-electron chi connectivity index (χ3n) is 4.69. The van der Waals surface area contributed by atoms with Gasteiger partial charge in [-0.2, -0.15) is 0 Å². The lowest BCUT2D eigenvalue weighted by atomic mass is 9.95. The van der Waals surface area contributed by atoms with Gasteiger partial charge in [0.15, 0.2) is 0 Å². The van der Waals surface area contributed by atoms with E-state index < -0.39 is 0 Å². The van der Waals surface area contributed by atoms with Crippen LogP contribution in [0.2, 0.25) is 5.02 Å². The Bertz CT molecular complexity index is 614. The zero-order valence-corrected chi connectivity index (χ0v) is 14.4. The zero-order chi connectivity index (χ0) is 16.9. The van der Waals surface area contributed by atoms with E-state index in [1.807, 2.05) is 12.1 Å². The standard InChI is InChI=1S/C18H23ClN2O3/c19-14-6-7-16-12(9-14)8-13(11-24-16)18(23)20-10-17(22)21-15-4-2-1-3-5-15/h6-7,9,13,15H,1-5,8,10-11H2,(H,20,23)(H,21,22). The summed E-state index contributed by atoms with van der Waals surface area (Å²) in [5, 5.41) is 6.35. The summed E-state index contributed by atoms with van der Waals surface area (Å²) in [5.41, 5.74) is 0.931. The maximum atomic E-state index is 12.3. The Morgan fingerprint density at radius 1 is 1.21 bits per heavy atom. The fourth-order valence-corrected chi connectivity index (χ4v) is 3.56. The average molecular weight is 351 g/mol. The van der Waals surface area contributed by atoms with Crippen molar-refractivity contribution in [2.75, 3.05) is 13.2 Å². The molecule has 1 aromatic carbocycles. The summed E-state index contributed by atoms with van der Waals surface area (Å²) in [5.74, 6) is 0.215. The Balaban J connectivity index is 1.46. The van der Waals surface area contributed by atoms with Crippen LogP contribution < -0.4 is 15.4 Å². The van der Waals surface area contributed by atoms with Gasteiger partial charge >= 0.3 is 0 Å². The van der Waals surface area contributed by atoms with Gasteiger partial charge < -0.3 is 15.4 Å². The van der Waals surface area contributed by atoms with E-state index in [4.69, 9.17) is 16.3 Å². The molecule has 24 heavy (non-hydrogen) atoms. The van der Waals surface area contributed by atoms with Crippen LogP contribution in [0.15, 0.2) is 18.2 Å². The molecular weight excluding hydrogens is 328 g/mol. The topological polar surface area (TPSA) is 67.4 Å². The maximum Gasteiger partial charge on any atom is 0.239 e. The van der Waals surface area contributed by atoms with Gasteiger partial charge in [-0.05, 0) is 43.0 Å². The molecule has 1 aromatic rings. The number of hydrogen-bond acceptors (Lipinski definition) is 3. The minimum absolute atomic E-state index is 0.0221. The van der Waals surface area contributed by atoms with Crippen LogP contribution in [0, 0.1) is 5.92 Å². The third-order valence-corrected chi connectivity index (χ3v) is 4.93. The Hall–Kier alpha value is -1.75. The molecule has 0 spiro atoms. The molecule has 2 N–H and O–H groups in total. The van der Waals surface area contributed by atoms with Crippen molar-refractivity contribution < 1.29 is 14.3 Å². The second-order valence-corrected chi connectivity index (χ2v) is 7.02. The van der Waals surface area contributed by atoms with Crippen LogP contribution >= 0.6 is 11.6 Å². The minimum atomic E-state index is -0.293. The summed E-state index contributed by atoms with van der Waals surface area (Å²) in [6.45, 7) is 0.346. The lowest BCUT2D eigenvalue weighted by molar-refractivity contribution is -0.129. The van der Waals surface area contributed by atoms with Gasteiger partial charge in [0, 0.05) is 11.1 Å².